The fraction of sp³-hybridized carbons (Fsp3) is 0. The Kier molecular flexibility index (Phi) is 5.05. The number of benzene rings is 10. The average molecular weight is 585 g/mol. The second-order valence-corrected chi connectivity index (χ2v) is 12.3. The van der Waals surface area contributed by atoms with E-state index >= 15 is 0 Å². The minimum Gasteiger partial charge on any atom is -0.289 e. The normalized spacial score (nSPS) is 12.9. The fourth-order valence-corrected chi connectivity index (χ4v) is 7.87. The Hall–Kier alpha value is -6.12. The topological polar surface area (TPSA) is 34.1 Å². The van der Waals surface area contributed by atoms with Crippen molar-refractivity contribution in [1.82, 2.24) is 0 Å². The number of rotatable bonds is 0. The predicted octanol–water partition coefficient (Wildman–Crippen LogP) is 11.1. The summed E-state index contributed by atoms with van der Waals surface area (Å²) in [7, 11) is 0. The zero-order valence-corrected chi connectivity index (χ0v) is 24.7. The van der Waals surface area contributed by atoms with E-state index in [0.717, 1.165) is 0 Å². The first-order chi connectivity index (χ1) is 22.7. The van der Waals surface area contributed by atoms with Crippen molar-refractivity contribution in [2.24, 2.45) is 0 Å². The molecule has 0 heterocycles. The van der Waals surface area contributed by atoms with Crippen LogP contribution in [0, 0.1) is 0 Å². The number of hydrogen-bond donors (Lipinski definition) is 0. The molecule has 2 heteroatoms. The summed E-state index contributed by atoms with van der Waals surface area (Å²) in [6.45, 7) is 0. The number of ketones is 2. The van der Waals surface area contributed by atoms with Crippen molar-refractivity contribution in [3.63, 3.8) is 0 Å². The highest BCUT2D eigenvalue weighted by atomic mass is 16.1. The maximum absolute atomic E-state index is 12.1. The Morgan fingerprint density at radius 1 is 0.261 bits per heavy atom. The van der Waals surface area contributed by atoms with E-state index in [2.05, 4.69) is 97.1 Å². The third kappa shape index (κ3) is 3.36. The molecule has 10 aromatic rings. The molecule has 0 spiro atoms. The summed E-state index contributed by atoms with van der Waals surface area (Å²) in [5.41, 5.74) is 2.02. The van der Waals surface area contributed by atoms with Gasteiger partial charge in [0, 0.05) is 22.3 Å². The lowest BCUT2D eigenvalue weighted by molar-refractivity contribution is 0.0979. The smallest absolute Gasteiger partial charge is 0.194 e. The lowest BCUT2D eigenvalue weighted by Crippen LogP contribution is -2.20. The Morgan fingerprint density at radius 2 is 0.587 bits per heavy atom. The monoisotopic (exact) mass is 584 g/mol. The van der Waals surface area contributed by atoms with Gasteiger partial charge in [-0.15, -0.1) is 0 Å². The second kappa shape index (κ2) is 9.20. The highest BCUT2D eigenvalue weighted by Gasteiger charge is 2.28. The van der Waals surface area contributed by atoms with Gasteiger partial charge in [-0.1, -0.05) is 121 Å². The Bertz CT molecular complexity index is 2640. The quantitative estimate of drug-likeness (QED) is 0.131. The van der Waals surface area contributed by atoms with Gasteiger partial charge in [0.15, 0.2) is 11.6 Å². The van der Waals surface area contributed by atoms with Gasteiger partial charge in [-0.25, -0.2) is 0 Å². The van der Waals surface area contributed by atoms with Gasteiger partial charge in [0.2, 0.25) is 0 Å². The predicted molar refractivity (Wildman–Crippen MR) is 191 cm³/mol. The first-order valence-electron chi connectivity index (χ1n) is 15.6. The van der Waals surface area contributed by atoms with Gasteiger partial charge in [0.05, 0.1) is 0 Å². The largest absolute Gasteiger partial charge is 0.289 e. The highest BCUT2D eigenvalue weighted by molar-refractivity contribution is 6.40. The van der Waals surface area contributed by atoms with Gasteiger partial charge in [-0.05, 0) is 99.7 Å². The minimum atomic E-state index is -0.0641. The van der Waals surface area contributed by atoms with Crippen LogP contribution in [0.5, 0.6) is 0 Å². The molecule has 2 nitrogen and oxygen atoms in total. The summed E-state index contributed by atoms with van der Waals surface area (Å²) >= 11 is 0. The molecule has 1 aliphatic carbocycles. The lowest BCUT2D eigenvalue weighted by atomic mass is 9.84. The molecule has 0 radical (unpaired) electrons. The molecule has 212 valence electrons. The van der Waals surface area contributed by atoms with Crippen molar-refractivity contribution in [3.05, 3.63) is 168 Å². The van der Waals surface area contributed by atoms with E-state index in [4.69, 9.17) is 0 Å². The van der Waals surface area contributed by atoms with Crippen molar-refractivity contribution < 1.29 is 9.59 Å². The van der Waals surface area contributed by atoms with Gasteiger partial charge in [-0.2, -0.15) is 0 Å². The molecule has 0 unspecified atom stereocenters. The first-order valence-corrected chi connectivity index (χ1v) is 15.6. The number of hydrogen-bond acceptors (Lipinski definition) is 2. The van der Waals surface area contributed by atoms with Crippen LogP contribution in [0.3, 0.4) is 0 Å². The minimum absolute atomic E-state index is 0.0641. The summed E-state index contributed by atoms with van der Waals surface area (Å²) in [4.78, 5) is 24.2. The molecule has 46 heavy (non-hydrogen) atoms. The lowest BCUT2D eigenvalue weighted by Gasteiger charge is -2.19. The van der Waals surface area contributed by atoms with Crippen LogP contribution in [0.2, 0.25) is 0 Å². The number of carbonyl (C=O) groups is 2. The maximum Gasteiger partial charge on any atom is 0.194 e. The Balaban J connectivity index is 0.000000146. The first kappa shape index (κ1) is 25.2. The molecule has 0 saturated carbocycles. The molecule has 11 rings (SSSR count). The summed E-state index contributed by atoms with van der Waals surface area (Å²) in [5.74, 6) is -0.128. The molecule has 0 amide bonds. The van der Waals surface area contributed by atoms with Crippen molar-refractivity contribution in [3.8, 4) is 0 Å². The van der Waals surface area contributed by atoms with Crippen LogP contribution in [0.4, 0.5) is 0 Å². The number of fused-ring (bicyclic) bond motifs is 6. The van der Waals surface area contributed by atoms with Crippen molar-refractivity contribution in [2.45, 2.75) is 0 Å². The summed E-state index contributed by atoms with van der Waals surface area (Å²) in [6, 6.07) is 50.2. The number of carbonyl (C=O) groups excluding carboxylic acids is 2. The van der Waals surface area contributed by atoms with Gasteiger partial charge >= 0.3 is 0 Å². The van der Waals surface area contributed by atoms with Gasteiger partial charge in [0.1, 0.15) is 0 Å². The van der Waals surface area contributed by atoms with E-state index in [1.54, 1.807) is 48.5 Å². The molecule has 0 aromatic heterocycles. The summed E-state index contributed by atoms with van der Waals surface area (Å²) < 4.78 is 0. The molecular weight excluding hydrogens is 560 g/mol. The van der Waals surface area contributed by atoms with Crippen LogP contribution in [-0.2, 0) is 0 Å². The molecule has 0 aliphatic heterocycles. The average Bonchev–Trinajstić information content (AvgIpc) is 3.11. The second-order valence-electron chi connectivity index (χ2n) is 12.3. The van der Waals surface area contributed by atoms with E-state index in [1.807, 2.05) is 0 Å². The highest BCUT2D eigenvalue weighted by Crippen LogP contribution is 2.46. The zero-order chi connectivity index (χ0) is 30.5. The van der Waals surface area contributed by atoms with E-state index in [9.17, 15) is 9.59 Å². The van der Waals surface area contributed by atoms with Crippen LogP contribution in [0.15, 0.2) is 146 Å². The molecule has 10 aromatic carbocycles. The van der Waals surface area contributed by atoms with Gasteiger partial charge in [-0.3, -0.25) is 9.59 Å². The third-order valence-electron chi connectivity index (χ3n) is 9.88. The van der Waals surface area contributed by atoms with Gasteiger partial charge < -0.3 is 0 Å². The zero-order valence-electron chi connectivity index (χ0n) is 24.7. The molecule has 0 bridgehead atoms. The maximum atomic E-state index is 12.1. The van der Waals surface area contributed by atoms with Crippen molar-refractivity contribution >= 4 is 87.0 Å². The molecular formula is C44H24O2. The molecule has 0 atom stereocenters. The molecule has 0 saturated heterocycles. The third-order valence-corrected chi connectivity index (χ3v) is 9.88. The Labute approximate surface area is 263 Å². The van der Waals surface area contributed by atoms with Crippen LogP contribution in [0.1, 0.15) is 31.8 Å². The summed E-state index contributed by atoms with van der Waals surface area (Å²) in [6.07, 6.45) is 0. The SMILES string of the molecule is O=C1c2ccccc2C(=O)c2ccccc21.c1ccc2c(c1)cc1ccc3cc4c5ccccc5cc5ccc6cc2c1c3c6c54. The van der Waals surface area contributed by atoms with Crippen molar-refractivity contribution in [1.29, 1.82) is 0 Å². The molecule has 0 N–H and O–H groups in total. The molecule has 1 aliphatic rings. The molecule has 0 fully saturated rings. The van der Waals surface area contributed by atoms with E-state index < -0.39 is 0 Å². The van der Waals surface area contributed by atoms with E-state index in [1.165, 1.54) is 75.4 Å². The Morgan fingerprint density at radius 3 is 0.978 bits per heavy atom. The van der Waals surface area contributed by atoms with Crippen LogP contribution in [-0.4, -0.2) is 11.6 Å². The van der Waals surface area contributed by atoms with Gasteiger partial charge in [0.25, 0.3) is 0 Å². The summed E-state index contributed by atoms with van der Waals surface area (Å²) in [5, 5.41) is 19.0. The van der Waals surface area contributed by atoms with Crippen LogP contribution < -0.4 is 0 Å². The van der Waals surface area contributed by atoms with Crippen molar-refractivity contribution in [2.75, 3.05) is 0 Å². The van der Waals surface area contributed by atoms with Crippen LogP contribution in [0.25, 0.3) is 75.4 Å². The van der Waals surface area contributed by atoms with Crippen LogP contribution >= 0.6 is 0 Å². The standard InChI is InChI=1S/C30H16.C14H8O2/c1-3-7-23-17(5-1)13-19-9-11-22-16-26-24-8-4-2-6-18(24)14-20-10-12-21-15-25(23)27(19)29(22)30(21)28(20)26;15-13-9-5-1-2-6-10(9)14(16)12-8-4-3-7-11(12)13/h1-16H;1-8H. The van der Waals surface area contributed by atoms with E-state index in [-0.39, 0.29) is 11.6 Å². The van der Waals surface area contributed by atoms with E-state index in [0.29, 0.717) is 22.3 Å². The fourth-order valence-electron chi connectivity index (χ4n) is 7.87.